The zero-order valence-corrected chi connectivity index (χ0v) is 17.9. The lowest BCUT2D eigenvalue weighted by atomic mass is 9.82. The highest BCUT2D eigenvalue weighted by Gasteiger charge is 2.50. The molecule has 31 heavy (non-hydrogen) atoms. The van der Waals surface area contributed by atoms with Gasteiger partial charge in [-0.2, -0.15) is 0 Å². The van der Waals surface area contributed by atoms with E-state index in [1.165, 1.54) is 12.8 Å². The lowest BCUT2D eigenvalue weighted by Crippen LogP contribution is -2.65. The molecule has 160 valence electrons. The smallest absolute Gasteiger partial charge is 0.348 e. The Labute approximate surface area is 184 Å². The topological polar surface area (TPSA) is 46.5 Å². The molecule has 1 atom stereocenters. The standard InChI is InChI=1S/C27H30NO3/c29-26(27(30,23-9-3-1-4-10-23)24-11-5-2-6-12-24)31-25-20-28(17-7-8-21-13-14-21)18-15-22(25)16-19-28/h1-6,9-12,21-22,25,30H,13-20H2/q+1/t22?,25-,28?/m0/s1. The van der Waals surface area contributed by atoms with E-state index in [1.807, 2.05) is 36.4 Å². The number of nitrogens with zero attached hydrogens (tertiary/aromatic N) is 1. The van der Waals surface area contributed by atoms with Gasteiger partial charge >= 0.3 is 5.97 Å². The van der Waals surface area contributed by atoms with Crippen molar-refractivity contribution in [3.63, 3.8) is 0 Å². The van der Waals surface area contributed by atoms with Gasteiger partial charge in [0.1, 0.15) is 13.1 Å². The Kier molecular flexibility index (Phi) is 5.33. The van der Waals surface area contributed by atoms with Crippen LogP contribution in [-0.4, -0.2) is 47.8 Å². The van der Waals surface area contributed by atoms with Crippen LogP contribution in [0.3, 0.4) is 0 Å². The third-order valence-electron chi connectivity index (χ3n) is 7.28. The van der Waals surface area contributed by atoms with Crippen molar-refractivity contribution in [1.29, 1.82) is 0 Å². The monoisotopic (exact) mass is 416 g/mol. The Hall–Kier alpha value is -2.61. The van der Waals surface area contributed by atoms with E-state index in [2.05, 4.69) is 11.8 Å². The number of quaternary nitrogens is 1. The third kappa shape index (κ3) is 4.01. The molecule has 2 aromatic rings. The molecule has 3 saturated heterocycles. The largest absolute Gasteiger partial charge is 0.453 e. The first kappa shape index (κ1) is 20.3. The van der Waals surface area contributed by atoms with Gasteiger partial charge in [0.2, 0.25) is 5.60 Å². The van der Waals surface area contributed by atoms with Crippen LogP contribution >= 0.6 is 0 Å². The summed E-state index contributed by atoms with van der Waals surface area (Å²) in [6.07, 6.45) is 4.42. The molecule has 0 amide bonds. The highest BCUT2D eigenvalue weighted by molar-refractivity contribution is 5.85. The maximum atomic E-state index is 13.5. The quantitative estimate of drug-likeness (QED) is 0.461. The zero-order chi connectivity index (χ0) is 21.3. The highest BCUT2D eigenvalue weighted by Crippen LogP contribution is 2.38. The Balaban J connectivity index is 1.38. The van der Waals surface area contributed by atoms with Crippen molar-refractivity contribution in [3.8, 4) is 11.8 Å². The Morgan fingerprint density at radius 2 is 1.55 bits per heavy atom. The number of esters is 1. The molecular formula is C27H30NO3+. The van der Waals surface area contributed by atoms with Crippen molar-refractivity contribution >= 4 is 5.97 Å². The second-order valence-corrected chi connectivity index (χ2v) is 9.45. The highest BCUT2D eigenvalue weighted by atomic mass is 16.6. The van der Waals surface area contributed by atoms with E-state index in [1.54, 1.807) is 24.3 Å². The van der Waals surface area contributed by atoms with E-state index in [0.29, 0.717) is 23.0 Å². The SMILES string of the molecule is O=C(O[C@H]1C[N+]2(CC#CC3CC3)CCC1CC2)C(O)(c1ccccc1)c1ccccc1. The summed E-state index contributed by atoms with van der Waals surface area (Å²) >= 11 is 0. The van der Waals surface area contributed by atoms with Gasteiger partial charge in [0.25, 0.3) is 0 Å². The summed E-state index contributed by atoms with van der Waals surface area (Å²) in [4.78, 5) is 13.5. The fraction of sp³-hybridized carbons (Fsp3) is 0.444. The van der Waals surface area contributed by atoms with E-state index in [0.717, 1.165) is 43.5 Å². The second-order valence-electron chi connectivity index (χ2n) is 9.45. The minimum absolute atomic E-state index is 0.170. The number of benzene rings is 2. The predicted molar refractivity (Wildman–Crippen MR) is 119 cm³/mol. The summed E-state index contributed by atoms with van der Waals surface area (Å²) in [6.45, 7) is 3.87. The van der Waals surface area contributed by atoms with E-state index < -0.39 is 11.6 Å². The van der Waals surface area contributed by atoms with Crippen molar-refractivity contribution < 1.29 is 19.1 Å². The van der Waals surface area contributed by atoms with Crippen molar-refractivity contribution in [1.82, 2.24) is 0 Å². The van der Waals surface area contributed by atoms with Gasteiger partial charge in [0.05, 0.1) is 13.1 Å². The molecule has 4 aliphatic rings. The number of hydrogen-bond acceptors (Lipinski definition) is 3. The van der Waals surface area contributed by atoms with Gasteiger partial charge in [-0.25, -0.2) is 4.79 Å². The van der Waals surface area contributed by atoms with E-state index in [-0.39, 0.29) is 6.10 Å². The average molecular weight is 417 g/mol. The van der Waals surface area contributed by atoms with Crippen LogP contribution in [0, 0.1) is 23.7 Å². The van der Waals surface area contributed by atoms with Crippen molar-refractivity contribution in [2.24, 2.45) is 11.8 Å². The molecule has 3 aliphatic heterocycles. The lowest BCUT2D eigenvalue weighted by molar-refractivity contribution is -0.939. The Bertz CT molecular complexity index is 940. The first-order valence-electron chi connectivity index (χ1n) is 11.5. The first-order valence-corrected chi connectivity index (χ1v) is 11.5. The van der Waals surface area contributed by atoms with Crippen LogP contribution in [0.2, 0.25) is 0 Å². The molecule has 2 aromatic carbocycles. The number of fused-ring (bicyclic) bond motifs is 3. The Morgan fingerprint density at radius 1 is 0.968 bits per heavy atom. The lowest BCUT2D eigenvalue weighted by Gasteiger charge is -2.51. The number of hydrogen-bond donors (Lipinski definition) is 1. The molecule has 0 spiro atoms. The molecule has 0 radical (unpaired) electrons. The number of carbonyl (C=O) groups excluding carboxylic acids is 1. The predicted octanol–water partition coefficient (Wildman–Crippen LogP) is 3.49. The minimum Gasteiger partial charge on any atom is -0.453 e. The number of carbonyl (C=O) groups is 1. The fourth-order valence-electron chi connectivity index (χ4n) is 5.15. The molecular weight excluding hydrogens is 386 g/mol. The van der Waals surface area contributed by atoms with Gasteiger partial charge in [0.15, 0.2) is 6.10 Å². The fourth-order valence-corrected chi connectivity index (χ4v) is 5.15. The summed E-state index contributed by atoms with van der Waals surface area (Å²) < 4.78 is 7.03. The Morgan fingerprint density at radius 3 is 2.10 bits per heavy atom. The summed E-state index contributed by atoms with van der Waals surface area (Å²) in [6, 6.07) is 18.2. The van der Waals surface area contributed by atoms with Crippen molar-refractivity contribution in [2.75, 3.05) is 26.2 Å². The van der Waals surface area contributed by atoms with Gasteiger partial charge in [-0.05, 0) is 29.9 Å². The number of piperidine rings is 3. The van der Waals surface area contributed by atoms with Gasteiger partial charge in [-0.3, -0.25) is 0 Å². The summed E-state index contributed by atoms with van der Waals surface area (Å²) in [5.41, 5.74) is -0.746. The van der Waals surface area contributed by atoms with Gasteiger partial charge < -0.3 is 14.3 Å². The maximum Gasteiger partial charge on any atom is 0.348 e. The minimum atomic E-state index is -1.81. The normalized spacial score (nSPS) is 27.3. The second kappa shape index (κ2) is 8.15. The maximum absolute atomic E-state index is 13.5. The molecule has 1 N–H and O–H groups in total. The van der Waals surface area contributed by atoms with Crippen LogP contribution in [0.4, 0.5) is 0 Å². The number of aliphatic hydroxyl groups is 1. The summed E-state index contributed by atoms with van der Waals surface area (Å²) in [5, 5.41) is 11.7. The van der Waals surface area contributed by atoms with Gasteiger partial charge in [-0.1, -0.05) is 66.6 Å². The van der Waals surface area contributed by atoms with Crippen LogP contribution in [0.25, 0.3) is 0 Å². The van der Waals surface area contributed by atoms with Gasteiger partial charge in [-0.15, -0.1) is 0 Å². The van der Waals surface area contributed by atoms with Crippen molar-refractivity contribution in [3.05, 3.63) is 71.8 Å². The van der Waals surface area contributed by atoms with E-state index in [9.17, 15) is 9.90 Å². The molecule has 6 rings (SSSR count). The summed E-state index contributed by atoms with van der Waals surface area (Å²) in [7, 11) is 0. The molecule has 3 heterocycles. The number of rotatable bonds is 5. The van der Waals surface area contributed by atoms with Crippen LogP contribution in [0.15, 0.2) is 60.7 Å². The molecule has 4 heteroatoms. The first-order chi connectivity index (χ1) is 15.1. The molecule has 2 bridgehead atoms. The average Bonchev–Trinajstić information content (AvgIpc) is 3.65. The third-order valence-corrected chi connectivity index (χ3v) is 7.28. The van der Waals surface area contributed by atoms with Crippen LogP contribution < -0.4 is 0 Å². The van der Waals surface area contributed by atoms with Crippen molar-refractivity contribution in [2.45, 2.75) is 37.4 Å². The molecule has 4 fully saturated rings. The summed E-state index contributed by atoms with van der Waals surface area (Å²) in [5.74, 6) is 7.22. The zero-order valence-electron chi connectivity index (χ0n) is 17.9. The molecule has 1 saturated carbocycles. The molecule has 4 nitrogen and oxygen atoms in total. The van der Waals surface area contributed by atoms with Gasteiger partial charge in [0, 0.05) is 24.7 Å². The van der Waals surface area contributed by atoms with Crippen LogP contribution in [0.1, 0.15) is 36.8 Å². The molecule has 0 unspecified atom stereocenters. The number of ether oxygens (including phenoxy) is 1. The van der Waals surface area contributed by atoms with E-state index >= 15 is 0 Å². The molecule has 0 aromatic heterocycles. The van der Waals surface area contributed by atoms with Crippen LogP contribution in [-0.2, 0) is 15.1 Å². The molecule has 1 aliphatic carbocycles. The van der Waals surface area contributed by atoms with Crippen LogP contribution in [0.5, 0.6) is 0 Å². The van der Waals surface area contributed by atoms with E-state index in [4.69, 9.17) is 4.74 Å².